The van der Waals surface area contributed by atoms with Crippen LogP contribution in [0.1, 0.15) is 31.1 Å². The molecule has 1 saturated heterocycles. The number of sulfonamides is 1. The van der Waals surface area contributed by atoms with Gasteiger partial charge in [-0.15, -0.1) is 11.3 Å². The highest BCUT2D eigenvalue weighted by molar-refractivity contribution is 9.10. The van der Waals surface area contributed by atoms with Gasteiger partial charge in [0.15, 0.2) is 0 Å². The molecule has 0 amide bonds. The molecule has 0 unspecified atom stereocenters. The van der Waals surface area contributed by atoms with Crippen molar-refractivity contribution in [2.24, 2.45) is 0 Å². The molecule has 1 aromatic rings. The van der Waals surface area contributed by atoms with Crippen molar-refractivity contribution in [1.29, 1.82) is 0 Å². The first kappa shape index (κ1) is 17.7. The Hall–Kier alpha value is 0.340. The lowest BCUT2D eigenvalue weighted by Crippen LogP contribution is -2.45. The van der Waals surface area contributed by atoms with Gasteiger partial charge in [0, 0.05) is 35.0 Å². The summed E-state index contributed by atoms with van der Waals surface area (Å²) in [5.74, 6) is 0.257. The normalized spacial score (nSPS) is 18.2. The van der Waals surface area contributed by atoms with Crippen LogP contribution in [-0.4, -0.2) is 37.6 Å². The van der Waals surface area contributed by atoms with Crippen molar-refractivity contribution in [2.75, 3.05) is 18.8 Å². The average Bonchev–Trinajstić information content (AvgIpc) is 2.76. The molecule has 21 heavy (non-hydrogen) atoms. The fraction of sp³-hybridized carbons (Fsp3) is 0.692. The van der Waals surface area contributed by atoms with Crippen LogP contribution in [0.15, 0.2) is 10.5 Å². The van der Waals surface area contributed by atoms with Crippen LogP contribution in [0.25, 0.3) is 0 Å². The largest absolute Gasteiger partial charge is 0.309 e. The highest BCUT2D eigenvalue weighted by Crippen LogP contribution is 2.32. The zero-order chi connectivity index (χ0) is 15.5. The zero-order valence-electron chi connectivity index (χ0n) is 11.9. The summed E-state index contributed by atoms with van der Waals surface area (Å²) in [6, 6.07) is 2.40. The van der Waals surface area contributed by atoms with E-state index in [1.807, 2.05) is 13.0 Å². The monoisotopic (exact) mass is 414 g/mol. The summed E-state index contributed by atoms with van der Waals surface area (Å²) < 4.78 is 27.3. The van der Waals surface area contributed by atoms with E-state index in [4.69, 9.17) is 11.6 Å². The first-order valence-corrected chi connectivity index (χ1v) is 10.7. The number of hydrogen-bond acceptors (Lipinski definition) is 4. The van der Waals surface area contributed by atoms with Gasteiger partial charge in [0.2, 0.25) is 10.0 Å². The Kier molecular flexibility index (Phi) is 6.52. The molecule has 0 atom stereocenters. The third kappa shape index (κ3) is 4.91. The summed E-state index contributed by atoms with van der Waals surface area (Å²) in [6.45, 7) is 3.92. The maximum absolute atomic E-state index is 12.0. The van der Waals surface area contributed by atoms with E-state index in [2.05, 4.69) is 21.2 Å². The van der Waals surface area contributed by atoms with E-state index in [9.17, 15) is 8.42 Å². The van der Waals surface area contributed by atoms with Gasteiger partial charge in [-0.2, -0.15) is 0 Å². The number of piperidine rings is 1. The van der Waals surface area contributed by atoms with E-state index >= 15 is 0 Å². The van der Waals surface area contributed by atoms with Gasteiger partial charge >= 0.3 is 0 Å². The fourth-order valence-electron chi connectivity index (χ4n) is 2.45. The van der Waals surface area contributed by atoms with Gasteiger partial charge in [-0.25, -0.2) is 12.7 Å². The highest BCUT2D eigenvalue weighted by Gasteiger charge is 2.27. The summed E-state index contributed by atoms with van der Waals surface area (Å²) in [5.41, 5.74) is 0. The molecule has 8 heteroatoms. The second-order valence-corrected chi connectivity index (χ2v) is 9.89. The Morgan fingerprint density at radius 1 is 1.48 bits per heavy atom. The Morgan fingerprint density at radius 3 is 2.67 bits per heavy atom. The van der Waals surface area contributed by atoms with Gasteiger partial charge in [0.1, 0.15) is 4.34 Å². The summed E-state index contributed by atoms with van der Waals surface area (Å²) >= 11 is 11.0. The van der Waals surface area contributed by atoms with Crippen LogP contribution in [0, 0.1) is 0 Å². The van der Waals surface area contributed by atoms with Crippen molar-refractivity contribution in [3.63, 3.8) is 0 Å². The number of nitrogens with zero attached hydrogens (tertiary/aromatic N) is 1. The van der Waals surface area contributed by atoms with Crippen LogP contribution in [0.2, 0.25) is 4.34 Å². The lowest BCUT2D eigenvalue weighted by atomic mass is 10.1. The third-order valence-corrected chi connectivity index (χ3v) is 8.12. The minimum absolute atomic E-state index is 0.257. The molecule has 4 nitrogen and oxygen atoms in total. The third-order valence-electron chi connectivity index (χ3n) is 3.57. The summed E-state index contributed by atoms with van der Waals surface area (Å²) in [7, 11) is -3.04. The van der Waals surface area contributed by atoms with Gasteiger partial charge in [-0.3, -0.25) is 0 Å². The molecule has 1 aliphatic rings. The lowest BCUT2D eigenvalue weighted by Gasteiger charge is -2.31. The van der Waals surface area contributed by atoms with Gasteiger partial charge in [-0.05, 0) is 41.3 Å². The maximum atomic E-state index is 12.0. The second-order valence-electron chi connectivity index (χ2n) is 5.20. The standard InChI is InChI=1S/C13H20BrClN2O2S2/c1-2-7-21(18,19)17-5-3-10(4-6-17)16-9-11-8-12(14)13(15)20-11/h8,10,16H,2-7,9H2,1H3. The number of halogens is 2. The summed E-state index contributed by atoms with van der Waals surface area (Å²) in [4.78, 5) is 1.19. The molecule has 0 aliphatic carbocycles. The molecule has 2 rings (SSSR count). The van der Waals surface area contributed by atoms with E-state index in [0.717, 1.165) is 28.2 Å². The van der Waals surface area contributed by atoms with Crippen molar-refractivity contribution >= 4 is 48.9 Å². The molecule has 1 fully saturated rings. The minimum Gasteiger partial charge on any atom is -0.309 e. The average molecular weight is 416 g/mol. The van der Waals surface area contributed by atoms with Gasteiger partial charge in [0.05, 0.1) is 5.75 Å². The first-order chi connectivity index (χ1) is 9.92. The van der Waals surface area contributed by atoms with Crippen LogP contribution in [-0.2, 0) is 16.6 Å². The van der Waals surface area contributed by atoms with Gasteiger partial charge in [-0.1, -0.05) is 18.5 Å². The molecule has 0 saturated carbocycles. The number of thiophene rings is 1. The minimum atomic E-state index is -3.04. The Balaban J connectivity index is 1.79. The molecular weight excluding hydrogens is 396 g/mol. The molecule has 0 radical (unpaired) electrons. The van der Waals surface area contributed by atoms with E-state index < -0.39 is 10.0 Å². The molecular formula is C13H20BrClN2O2S2. The van der Waals surface area contributed by atoms with Crippen LogP contribution in [0.4, 0.5) is 0 Å². The van der Waals surface area contributed by atoms with Crippen molar-refractivity contribution in [3.05, 3.63) is 19.8 Å². The van der Waals surface area contributed by atoms with Crippen molar-refractivity contribution in [3.8, 4) is 0 Å². The second kappa shape index (κ2) is 7.75. The van der Waals surface area contributed by atoms with E-state index in [1.54, 1.807) is 15.6 Å². The van der Waals surface area contributed by atoms with E-state index in [1.165, 1.54) is 4.88 Å². The van der Waals surface area contributed by atoms with Gasteiger partial charge < -0.3 is 5.32 Å². The van der Waals surface area contributed by atoms with Crippen LogP contribution >= 0.6 is 38.9 Å². The zero-order valence-corrected chi connectivity index (χ0v) is 15.9. The Morgan fingerprint density at radius 2 is 2.14 bits per heavy atom. The molecule has 1 N–H and O–H groups in total. The number of hydrogen-bond donors (Lipinski definition) is 1. The van der Waals surface area contributed by atoms with Gasteiger partial charge in [0.25, 0.3) is 0 Å². The highest BCUT2D eigenvalue weighted by atomic mass is 79.9. The van der Waals surface area contributed by atoms with E-state index in [-0.39, 0.29) is 5.75 Å². The Bertz CT molecular complexity index is 549. The maximum Gasteiger partial charge on any atom is 0.214 e. The SMILES string of the molecule is CCCS(=O)(=O)N1CCC(NCc2cc(Br)c(Cl)s2)CC1. The quantitative estimate of drug-likeness (QED) is 0.774. The molecule has 120 valence electrons. The van der Waals surface area contributed by atoms with Crippen LogP contribution in [0.5, 0.6) is 0 Å². The lowest BCUT2D eigenvalue weighted by molar-refractivity contribution is 0.289. The number of rotatable bonds is 6. The van der Waals surface area contributed by atoms with Crippen molar-refractivity contribution in [2.45, 2.75) is 38.8 Å². The predicted molar refractivity (Wildman–Crippen MR) is 92.5 cm³/mol. The molecule has 1 aliphatic heterocycles. The van der Waals surface area contributed by atoms with Crippen LogP contribution < -0.4 is 5.32 Å². The van der Waals surface area contributed by atoms with Crippen molar-refractivity contribution in [1.82, 2.24) is 9.62 Å². The Labute approximate surface area is 144 Å². The molecule has 0 bridgehead atoms. The van der Waals surface area contributed by atoms with E-state index in [0.29, 0.717) is 25.6 Å². The summed E-state index contributed by atoms with van der Waals surface area (Å²) in [5, 5.41) is 3.49. The predicted octanol–water partition coefficient (Wildman–Crippen LogP) is 3.46. The molecule has 0 spiro atoms. The molecule has 2 heterocycles. The molecule has 0 aromatic carbocycles. The molecule has 1 aromatic heterocycles. The fourth-order valence-corrected chi connectivity index (χ4v) is 5.73. The number of nitrogens with one attached hydrogen (secondary N) is 1. The van der Waals surface area contributed by atoms with Crippen LogP contribution in [0.3, 0.4) is 0 Å². The van der Waals surface area contributed by atoms with Crippen molar-refractivity contribution < 1.29 is 8.42 Å². The topological polar surface area (TPSA) is 49.4 Å². The first-order valence-electron chi connectivity index (χ1n) is 7.07. The smallest absolute Gasteiger partial charge is 0.214 e. The summed E-state index contributed by atoms with van der Waals surface area (Å²) in [6.07, 6.45) is 2.40.